The Labute approximate surface area is 120 Å². The van der Waals surface area contributed by atoms with E-state index in [-0.39, 0.29) is 11.9 Å². The molecule has 20 heavy (non-hydrogen) atoms. The Kier molecular flexibility index (Phi) is 3.25. The maximum absolute atomic E-state index is 13.0. The molecule has 0 radical (unpaired) electrons. The number of benzene rings is 1. The quantitative estimate of drug-likeness (QED) is 0.783. The number of amides is 1. The van der Waals surface area contributed by atoms with Crippen molar-refractivity contribution in [2.24, 2.45) is 5.41 Å². The van der Waals surface area contributed by atoms with Crippen LogP contribution in [0.3, 0.4) is 0 Å². The molecule has 1 aliphatic carbocycles. The first kappa shape index (κ1) is 13.2. The van der Waals surface area contributed by atoms with E-state index >= 15 is 0 Å². The van der Waals surface area contributed by atoms with Crippen LogP contribution in [0.4, 0.5) is 5.69 Å². The third-order valence-electron chi connectivity index (χ3n) is 4.76. The predicted molar refractivity (Wildman–Crippen MR) is 78.2 cm³/mol. The van der Waals surface area contributed by atoms with Gasteiger partial charge in [0.15, 0.2) is 0 Å². The van der Waals surface area contributed by atoms with Crippen LogP contribution in [-0.2, 0) is 11.2 Å². The maximum atomic E-state index is 13.0. The number of carbonyl (C=O) groups is 1. The van der Waals surface area contributed by atoms with Gasteiger partial charge in [-0.3, -0.25) is 4.79 Å². The number of nitrogens with zero attached hydrogens (tertiary/aromatic N) is 2. The molecule has 2 aliphatic rings. The molecular formula is C17H20N2O. The first-order chi connectivity index (χ1) is 9.68. The minimum atomic E-state index is -0.788. The van der Waals surface area contributed by atoms with Gasteiger partial charge in [0.2, 0.25) is 5.91 Å². The van der Waals surface area contributed by atoms with Gasteiger partial charge in [-0.25, -0.2) is 0 Å². The molecule has 1 atom stereocenters. The molecule has 1 unspecified atom stereocenters. The van der Waals surface area contributed by atoms with Gasteiger partial charge in [-0.1, -0.05) is 37.5 Å². The lowest BCUT2D eigenvalue weighted by Gasteiger charge is -2.35. The fraction of sp³-hybridized carbons (Fsp3) is 0.529. The van der Waals surface area contributed by atoms with Gasteiger partial charge in [0.25, 0.3) is 0 Å². The number of rotatable bonds is 1. The fourth-order valence-corrected chi connectivity index (χ4v) is 3.63. The zero-order chi connectivity index (χ0) is 14.2. The molecule has 1 aromatic rings. The van der Waals surface area contributed by atoms with Crippen LogP contribution in [0.5, 0.6) is 0 Å². The lowest BCUT2D eigenvalue weighted by molar-refractivity contribution is -0.127. The van der Waals surface area contributed by atoms with E-state index in [9.17, 15) is 10.1 Å². The molecule has 1 saturated carbocycles. The first-order valence-corrected chi connectivity index (χ1v) is 7.51. The van der Waals surface area contributed by atoms with Crippen molar-refractivity contribution in [2.75, 3.05) is 4.90 Å². The van der Waals surface area contributed by atoms with Crippen molar-refractivity contribution in [1.82, 2.24) is 0 Å². The molecule has 3 heteroatoms. The van der Waals surface area contributed by atoms with E-state index in [1.807, 2.05) is 23.1 Å². The summed E-state index contributed by atoms with van der Waals surface area (Å²) in [5.74, 6) is 0.0251. The SMILES string of the molecule is CC1Cc2ccccc2N1C(=O)C1(C#N)CCCCC1. The van der Waals surface area contributed by atoms with E-state index in [2.05, 4.69) is 19.1 Å². The van der Waals surface area contributed by atoms with E-state index in [0.29, 0.717) is 12.8 Å². The van der Waals surface area contributed by atoms with Gasteiger partial charge in [-0.15, -0.1) is 0 Å². The van der Waals surface area contributed by atoms with Crippen LogP contribution in [0, 0.1) is 16.7 Å². The Morgan fingerprint density at radius 3 is 2.70 bits per heavy atom. The van der Waals surface area contributed by atoms with Crippen LogP contribution in [-0.4, -0.2) is 11.9 Å². The van der Waals surface area contributed by atoms with Crippen molar-refractivity contribution in [3.63, 3.8) is 0 Å². The van der Waals surface area contributed by atoms with Gasteiger partial charge >= 0.3 is 0 Å². The van der Waals surface area contributed by atoms with Crippen LogP contribution in [0.2, 0.25) is 0 Å². The average Bonchev–Trinajstić information content (AvgIpc) is 2.83. The number of para-hydroxylation sites is 1. The summed E-state index contributed by atoms with van der Waals surface area (Å²) in [6.07, 6.45) is 5.44. The molecule has 0 N–H and O–H groups in total. The molecule has 1 heterocycles. The molecule has 0 aromatic heterocycles. The number of hydrogen-bond acceptors (Lipinski definition) is 2. The predicted octanol–water partition coefficient (Wildman–Crippen LogP) is 3.44. The fourth-order valence-electron chi connectivity index (χ4n) is 3.63. The van der Waals surface area contributed by atoms with E-state index < -0.39 is 5.41 Å². The summed E-state index contributed by atoms with van der Waals surface area (Å²) in [5.41, 5.74) is 1.44. The molecule has 0 saturated heterocycles. The summed E-state index contributed by atoms with van der Waals surface area (Å²) in [6.45, 7) is 2.08. The van der Waals surface area contributed by atoms with E-state index in [1.165, 1.54) is 5.56 Å². The lowest BCUT2D eigenvalue weighted by atomic mass is 9.74. The topological polar surface area (TPSA) is 44.1 Å². The third kappa shape index (κ3) is 1.91. The Balaban J connectivity index is 1.96. The lowest BCUT2D eigenvalue weighted by Crippen LogP contribution is -2.47. The van der Waals surface area contributed by atoms with Crippen molar-refractivity contribution in [3.8, 4) is 6.07 Å². The summed E-state index contributed by atoms with van der Waals surface area (Å²) in [5, 5.41) is 9.61. The average molecular weight is 268 g/mol. The standard InChI is InChI=1S/C17H20N2O/c1-13-11-14-7-3-4-8-15(14)19(13)16(20)17(12-18)9-5-2-6-10-17/h3-4,7-8,13H,2,5-6,9-11H2,1H3. The van der Waals surface area contributed by atoms with E-state index in [4.69, 9.17) is 0 Å². The highest BCUT2D eigenvalue weighted by molar-refractivity contribution is 6.01. The second-order valence-electron chi connectivity index (χ2n) is 6.11. The highest BCUT2D eigenvalue weighted by Gasteiger charge is 2.45. The van der Waals surface area contributed by atoms with Gasteiger partial charge < -0.3 is 4.90 Å². The molecule has 1 fully saturated rings. The van der Waals surface area contributed by atoms with Crippen LogP contribution in [0.25, 0.3) is 0 Å². The second kappa shape index (κ2) is 4.94. The van der Waals surface area contributed by atoms with Gasteiger partial charge in [-0.05, 0) is 37.8 Å². The molecule has 3 nitrogen and oxygen atoms in total. The van der Waals surface area contributed by atoms with Crippen molar-refractivity contribution >= 4 is 11.6 Å². The molecule has 104 valence electrons. The number of fused-ring (bicyclic) bond motifs is 1. The molecule has 0 spiro atoms. The van der Waals surface area contributed by atoms with Crippen molar-refractivity contribution in [2.45, 2.75) is 51.5 Å². The van der Waals surface area contributed by atoms with Gasteiger partial charge in [0.05, 0.1) is 6.07 Å². The molecule has 0 bridgehead atoms. The summed E-state index contributed by atoms with van der Waals surface area (Å²) in [4.78, 5) is 14.9. The number of carbonyl (C=O) groups excluding carboxylic acids is 1. The van der Waals surface area contributed by atoms with Crippen molar-refractivity contribution < 1.29 is 4.79 Å². The summed E-state index contributed by atoms with van der Waals surface area (Å²) in [7, 11) is 0. The van der Waals surface area contributed by atoms with Crippen molar-refractivity contribution in [3.05, 3.63) is 29.8 Å². The van der Waals surface area contributed by atoms with Crippen LogP contribution < -0.4 is 4.90 Å². The minimum Gasteiger partial charge on any atom is -0.308 e. The zero-order valence-corrected chi connectivity index (χ0v) is 11.9. The van der Waals surface area contributed by atoms with Crippen LogP contribution in [0.1, 0.15) is 44.6 Å². The maximum Gasteiger partial charge on any atom is 0.247 e. The zero-order valence-electron chi connectivity index (χ0n) is 11.9. The van der Waals surface area contributed by atoms with E-state index in [0.717, 1.165) is 31.4 Å². The third-order valence-corrected chi connectivity index (χ3v) is 4.76. The Bertz CT molecular complexity index is 567. The number of hydrogen-bond donors (Lipinski definition) is 0. The van der Waals surface area contributed by atoms with Crippen molar-refractivity contribution in [1.29, 1.82) is 5.26 Å². The highest BCUT2D eigenvalue weighted by Crippen LogP contribution is 2.41. The first-order valence-electron chi connectivity index (χ1n) is 7.51. The summed E-state index contributed by atoms with van der Waals surface area (Å²) >= 11 is 0. The van der Waals surface area contributed by atoms with Crippen LogP contribution >= 0.6 is 0 Å². The molecule has 1 amide bonds. The Hall–Kier alpha value is -1.82. The molecular weight excluding hydrogens is 248 g/mol. The number of nitriles is 1. The van der Waals surface area contributed by atoms with Gasteiger partial charge in [-0.2, -0.15) is 5.26 Å². The summed E-state index contributed by atoms with van der Waals surface area (Å²) in [6, 6.07) is 10.6. The largest absolute Gasteiger partial charge is 0.308 e. The molecule has 1 aliphatic heterocycles. The Morgan fingerprint density at radius 2 is 2.00 bits per heavy atom. The highest BCUT2D eigenvalue weighted by atomic mass is 16.2. The molecule has 3 rings (SSSR count). The van der Waals surface area contributed by atoms with E-state index in [1.54, 1.807) is 0 Å². The van der Waals surface area contributed by atoms with Gasteiger partial charge in [0.1, 0.15) is 5.41 Å². The second-order valence-corrected chi connectivity index (χ2v) is 6.11. The van der Waals surface area contributed by atoms with Gasteiger partial charge in [0, 0.05) is 11.7 Å². The number of anilines is 1. The Morgan fingerprint density at radius 1 is 1.30 bits per heavy atom. The minimum absolute atomic E-state index is 0.0251. The monoisotopic (exact) mass is 268 g/mol. The van der Waals surface area contributed by atoms with Crippen LogP contribution in [0.15, 0.2) is 24.3 Å². The summed E-state index contributed by atoms with van der Waals surface area (Å²) < 4.78 is 0. The smallest absolute Gasteiger partial charge is 0.247 e. The molecule has 1 aromatic carbocycles. The normalized spacial score (nSPS) is 24.0.